The normalized spacial score (nSPS) is 33.5. The number of rotatable bonds is 2. The fourth-order valence-corrected chi connectivity index (χ4v) is 2.93. The van der Waals surface area contributed by atoms with Gasteiger partial charge in [-0.25, -0.2) is 3.11 Å². The van der Waals surface area contributed by atoms with E-state index in [-0.39, 0.29) is 0 Å². The molecule has 2 atom stereocenters. The van der Waals surface area contributed by atoms with E-state index in [0.29, 0.717) is 0 Å². The number of hydrogen-bond acceptors (Lipinski definition) is 2. The van der Waals surface area contributed by atoms with Gasteiger partial charge in [0.1, 0.15) is 0 Å². The Morgan fingerprint density at radius 3 is 2.64 bits per heavy atom. The average Bonchev–Trinajstić information content (AvgIpc) is 2.10. The van der Waals surface area contributed by atoms with Gasteiger partial charge in [0.05, 0.1) is 0 Å². The summed E-state index contributed by atoms with van der Waals surface area (Å²) in [5, 5.41) is 0. The van der Waals surface area contributed by atoms with Crippen LogP contribution in [0.3, 0.4) is 0 Å². The summed E-state index contributed by atoms with van der Waals surface area (Å²) >= 11 is 4.79. The molecule has 0 aromatic carbocycles. The SMILES string of the molecule is CC1CC(CN(C)I)CN1I. The fourth-order valence-electron chi connectivity index (χ4n) is 1.59. The third kappa shape index (κ3) is 3.31. The van der Waals surface area contributed by atoms with Crippen LogP contribution in [0.4, 0.5) is 0 Å². The minimum Gasteiger partial charge on any atom is -0.250 e. The van der Waals surface area contributed by atoms with E-state index in [0.717, 1.165) is 12.0 Å². The molecule has 0 aliphatic carbocycles. The summed E-state index contributed by atoms with van der Waals surface area (Å²) in [6.07, 6.45) is 1.36. The second-order valence-corrected chi connectivity index (χ2v) is 6.21. The molecule has 66 valence electrons. The molecule has 0 aromatic rings. The zero-order valence-corrected chi connectivity index (χ0v) is 11.2. The third-order valence-corrected chi connectivity index (χ3v) is 3.83. The lowest BCUT2D eigenvalue weighted by Crippen LogP contribution is -2.18. The first-order chi connectivity index (χ1) is 5.09. The van der Waals surface area contributed by atoms with E-state index in [1.807, 2.05) is 0 Å². The summed E-state index contributed by atoms with van der Waals surface area (Å²) in [4.78, 5) is 0. The Morgan fingerprint density at radius 2 is 2.27 bits per heavy atom. The molecule has 1 aliphatic heterocycles. The molecule has 0 aromatic heterocycles. The zero-order chi connectivity index (χ0) is 8.43. The smallest absolute Gasteiger partial charge is 0.0204 e. The topological polar surface area (TPSA) is 6.48 Å². The molecule has 1 aliphatic rings. The van der Waals surface area contributed by atoms with Gasteiger partial charge in [0.15, 0.2) is 0 Å². The molecule has 0 saturated carbocycles. The van der Waals surface area contributed by atoms with Crippen molar-refractivity contribution >= 4 is 45.7 Å². The molecule has 1 rings (SSSR count). The predicted octanol–water partition coefficient (Wildman–Crippen LogP) is 2.33. The van der Waals surface area contributed by atoms with Crippen LogP contribution in [0.5, 0.6) is 0 Å². The number of halogens is 2. The Labute approximate surface area is 96.7 Å². The predicted molar refractivity (Wildman–Crippen MR) is 64.9 cm³/mol. The first-order valence-electron chi connectivity index (χ1n) is 3.89. The summed E-state index contributed by atoms with van der Waals surface area (Å²) in [7, 11) is 2.14. The first kappa shape index (κ1) is 10.5. The lowest BCUT2D eigenvalue weighted by atomic mass is 10.1. The lowest BCUT2D eigenvalue weighted by molar-refractivity contribution is 0.449. The van der Waals surface area contributed by atoms with Gasteiger partial charge in [-0.3, -0.25) is 3.11 Å². The van der Waals surface area contributed by atoms with E-state index >= 15 is 0 Å². The van der Waals surface area contributed by atoms with Crippen molar-refractivity contribution in [2.45, 2.75) is 19.4 Å². The minimum absolute atomic E-state index is 0.775. The molecular weight excluding hydrogens is 366 g/mol. The maximum atomic E-state index is 2.43. The first-order valence-corrected chi connectivity index (χ1v) is 5.82. The van der Waals surface area contributed by atoms with E-state index in [1.165, 1.54) is 19.5 Å². The van der Waals surface area contributed by atoms with Gasteiger partial charge in [0.25, 0.3) is 0 Å². The molecule has 2 unspecified atom stereocenters. The average molecular weight is 380 g/mol. The van der Waals surface area contributed by atoms with Gasteiger partial charge in [-0.2, -0.15) is 0 Å². The van der Waals surface area contributed by atoms with Crippen LogP contribution in [-0.2, 0) is 0 Å². The Morgan fingerprint density at radius 1 is 1.64 bits per heavy atom. The van der Waals surface area contributed by atoms with Gasteiger partial charge < -0.3 is 0 Å². The minimum atomic E-state index is 0.775. The van der Waals surface area contributed by atoms with Crippen molar-refractivity contribution in [1.82, 2.24) is 6.23 Å². The molecule has 1 saturated heterocycles. The van der Waals surface area contributed by atoms with Crippen LogP contribution in [0.2, 0.25) is 0 Å². The highest BCUT2D eigenvalue weighted by atomic mass is 127. The van der Waals surface area contributed by atoms with Crippen molar-refractivity contribution in [3.8, 4) is 0 Å². The van der Waals surface area contributed by atoms with E-state index in [4.69, 9.17) is 0 Å². The molecule has 0 bridgehead atoms. The quantitative estimate of drug-likeness (QED) is 0.536. The van der Waals surface area contributed by atoms with Crippen molar-refractivity contribution in [3.05, 3.63) is 0 Å². The van der Waals surface area contributed by atoms with Gasteiger partial charge in [-0.15, -0.1) is 0 Å². The molecule has 2 nitrogen and oxygen atoms in total. The fraction of sp³-hybridized carbons (Fsp3) is 1.00. The van der Waals surface area contributed by atoms with Crippen LogP contribution in [-0.4, -0.2) is 32.4 Å². The van der Waals surface area contributed by atoms with E-state index in [9.17, 15) is 0 Å². The van der Waals surface area contributed by atoms with Crippen molar-refractivity contribution in [2.75, 3.05) is 20.1 Å². The van der Waals surface area contributed by atoms with Crippen LogP contribution in [0.25, 0.3) is 0 Å². The van der Waals surface area contributed by atoms with Gasteiger partial charge in [-0.05, 0) is 26.3 Å². The Hall–Kier alpha value is 1.38. The molecule has 4 heteroatoms. The van der Waals surface area contributed by atoms with E-state index in [2.05, 4.69) is 65.9 Å². The molecule has 1 fully saturated rings. The van der Waals surface area contributed by atoms with Crippen LogP contribution in [0, 0.1) is 5.92 Å². The summed E-state index contributed by atoms with van der Waals surface area (Å²) < 4.78 is 4.67. The third-order valence-electron chi connectivity index (χ3n) is 2.10. The maximum absolute atomic E-state index is 2.43. The summed E-state index contributed by atoms with van der Waals surface area (Å²) in [5.74, 6) is 0.879. The molecule has 0 N–H and O–H groups in total. The zero-order valence-electron chi connectivity index (χ0n) is 6.93. The number of nitrogens with zero attached hydrogens (tertiary/aromatic N) is 2. The van der Waals surface area contributed by atoms with Gasteiger partial charge >= 0.3 is 0 Å². The highest BCUT2D eigenvalue weighted by Gasteiger charge is 2.27. The van der Waals surface area contributed by atoms with Crippen molar-refractivity contribution in [1.29, 1.82) is 0 Å². The van der Waals surface area contributed by atoms with Crippen LogP contribution in [0.15, 0.2) is 0 Å². The second kappa shape index (κ2) is 4.57. The summed E-state index contributed by atoms with van der Waals surface area (Å²) in [5.41, 5.74) is 0. The van der Waals surface area contributed by atoms with Crippen molar-refractivity contribution < 1.29 is 0 Å². The van der Waals surface area contributed by atoms with Gasteiger partial charge in [0.2, 0.25) is 0 Å². The standard InChI is InChI=1S/C7H14I2N2/c1-6-3-7(4-10(2)8)5-11(6)9/h6-7H,3-5H2,1-2H3. The summed E-state index contributed by atoms with van der Waals surface area (Å²) in [6.45, 7) is 4.79. The van der Waals surface area contributed by atoms with E-state index < -0.39 is 0 Å². The highest BCUT2D eigenvalue weighted by Crippen LogP contribution is 2.26. The Bertz CT molecular complexity index is 117. The Kier molecular flexibility index (Phi) is 4.35. The monoisotopic (exact) mass is 380 g/mol. The van der Waals surface area contributed by atoms with Crippen molar-refractivity contribution in [3.63, 3.8) is 0 Å². The lowest BCUT2D eigenvalue weighted by Gasteiger charge is -2.12. The Balaban J connectivity index is 2.29. The largest absolute Gasteiger partial charge is 0.250 e. The van der Waals surface area contributed by atoms with Gasteiger partial charge in [-0.1, -0.05) is 0 Å². The van der Waals surface area contributed by atoms with Gasteiger partial charge in [0, 0.05) is 64.9 Å². The van der Waals surface area contributed by atoms with Crippen LogP contribution >= 0.6 is 45.7 Å². The van der Waals surface area contributed by atoms with Crippen LogP contribution < -0.4 is 0 Å². The molecule has 0 spiro atoms. The maximum Gasteiger partial charge on any atom is 0.0204 e. The molecule has 0 amide bonds. The highest BCUT2D eigenvalue weighted by molar-refractivity contribution is 14.1. The van der Waals surface area contributed by atoms with Crippen LogP contribution in [0.1, 0.15) is 13.3 Å². The molecule has 1 heterocycles. The number of hydrogen-bond donors (Lipinski definition) is 0. The van der Waals surface area contributed by atoms with Crippen molar-refractivity contribution in [2.24, 2.45) is 5.92 Å². The molecular formula is C7H14I2N2. The second-order valence-electron chi connectivity index (χ2n) is 3.32. The summed E-state index contributed by atoms with van der Waals surface area (Å²) in [6, 6.07) is 0.775. The molecule has 11 heavy (non-hydrogen) atoms. The van der Waals surface area contributed by atoms with E-state index in [1.54, 1.807) is 0 Å². The molecule has 0 radical (unpaired) electrons.